The van der Waals surface area contributed by atoms with E-state index in [4.69, 9.17) is 0 Å². The first-order valence-corrected chi connectivity index (χ1v) is 7.33. The minimum absolute atomic E-state index is 0.00904. The number of carbonyl (C=O) groups is 3. The Morgan fingerprint density at radius 3 is 2.45 bits per heavy atom. The molecule has 0 bridgehead atoms. The molecule has 2 fully saturated rings. The predicted octanol–water partition coefficient (Wildman–Crippen LogP) is -0.114. The van der Waals surface area contributed by atoms with Crippen molar-refractivity contribution >= 4 is 17.7 Å². The molecule has 2 heterocycles. The zero-order valence-corrected chi connectivity index (χ0v) is 12.1. The predicted molar refractivity (Wildman–Crippen MR) is 73.7 cm³/mol. The Balaban J connectivity index is 1.78. The van der Waals surface area contributed by atoms with E-state index < -0.39 is 0 Å². The number of amides is 3. The molecular formula is C14H23N3O3. The Kier molecular flexibility index (Phi) is 4.62. The Hall–Kier alpha value is -1.59. The van der Waals surface area contributed by atoms with Crippen molar-refractivity contribution in [2.45, 2.75) is 39.2 Å². The molecule has 112 valence electrons. The normalized spacial score (nSPS) is 23.9. The van der Waals surface area contributed by atoms with Gasteiger partial charge in [0.15, 0.2) is 0 Å². The maximum atomic E-state index is 12.2. The quantitative estimate of drug-likeness (QED) is 0.757. The fourth-order valence-corrected chi connectivity index (χ4v) is 2.65. The Labute approximate surface area is 119 Å². The molecule has 2 saturated heterocycles. The van der Waals surface area contributed by atoms with Gasteiger partial charge in [0.1, 0.15) is 0 Å². The number of piperidine rings is 1. The van der Waals surface area contributed by atoms with Gasteiger partial charge >= 0.3 is 0 Å². The van der Waals surface area contributed by atoms with Crippen LogP contribution in [0, 0.1) is 11.8 Å². The van der Waals surface area contributed by atoms with Gasteiger partial charge in [-0.1, -0.05) is 13.8 Å². The van der Waals surface area contributed by atoms with E-state index in [0.29, 0.717) is 26.1 Å². The molecule has 0 radical (unpaired) electrons. The Morgan fingerprint density at radius 2 is 1.95 bits per heavy atom. The van der Waals surface area contributed by atoms with Crippen LogP contribution in [0.5, 0.6) is 0 Å². The Bertz CT molecular complexity index is 400. The molecule has 6 nitrogen and oxygen atoms in total. The maximum absolute atomic E-state index is 12.2. The van der Waals surface area contributed by atoms with E-state index in [9.17, 15) is 14.4 Å². The lowest BCUT2D eigenvalue weighted by Crippen LogP contribution is -2.48. The van der Waals surface area contributed by atoms with Crippen molar-refractivity contribution < 1.29 is 14.4 Å². The molecule has 2 rings (SSSR count). The first-order valence-electron chi connectivity index (χ1n) is 7.33. The highest BCUT2D eigenvalue weighted by Crippen LogP contribution is 2.17. The van der Waals surface area contributed by atoms with Gasteiger partial charge in [-0.15, -0.1) is 0 Å². The molecule has 0 aromatic carbocycles. The zero-order valence-electron chi connectivity index (χ0n) is 12.1. The molecule has 0 spiro atoms. The lowest BCUT2D eigenvalue weighted by atomic mass is 10.0. The van der Waals surface area contributed by atoms with E-state index in [0.717, 1.165) is 12.8 Å². The van der Waals surface area contributed by atoms with Crippen LogP contribution in [0.25, 0.3) is 0 Å². The lowest BCUT2D eigenvalue weighted by Gasteiger charge is -2.34. The smallest absolute Gasteiger partial charge is 0.227 e. The molecule has 0 saturated carbocycles. The van der Waals surface area contributed by atoms with Crippen LogP contribution in [-0.4, -0.2) is 48.3 Å². The van der Waals surface area contributed by atoms with Crippen LogP contribution in [0.15, 0.2) is 0 Å². The summed E-state index contributed by atoms with van der Waals surface area (Å²) in [4.78, 5) is 36.8. The minimum Gasteiger partial charge on any atom is -0.355 e. The van der Waals surface area contributed by atoms with Crippen molar-refractivity contribution in [2.24, 2.45) is 11.8 Å². The molecule has 1 unspecified atom stereocenters. The third-order valence-corrected chi connectivity index (χ3v) is 4.00. The van der Waals surface area contributed by atoms with Gasteiger partial charge in [0.2, 0.25) is 17.7 Å². The van der Waals surface area contributed by atoms with Gasteiger partial charge in [0.05, 0.1) is 5.92 Å². The van der Waals surface area contributed by atoms with E-state index in [-0.39, 0.29) is 35.6 Å². The summed E-state index contributed by atoms with van der Waals surface area (Å²) in [6, 6.07) is 0.164. The summed E-state index contributed by atoms with van der Waals surface area (Å²) < 4.78 is 0. The van der Waals surface area contributed by atoms with E-state index in [1.54, 1.807) is 0 Å². The van der Waals surface area contributed by atoms with Crippen LogP contribution < -0.4 is 10.6 Å². The van der Waals surface area contributed by atoms with Crippen molar-refractivity contribution in [2.75, 3.05) is 19.6 Å². The SMILES string of the molecule is CC(C)C(=O)NC1CCN(C(=O)C2CNC(=O)C2)CC1. The molecule has 1 atom stereocenters. The van der Waals surface area contributed by atoms with Gasteiger partial charge in [-0.05, 0) is 12.8 Å². The number of rotatable bonds is 3. The Morgan fingerprint density at radius 1 is 1.30 bits per heavy atom. The topological polar surface area (TPSA) is 78.5 Å². The second kappa shape index (κ2) is 6.24. The number of nitrogens with zero attached hydrogens (tertiary/aromatic N) is 1. The number of likely N-dealkylation sites (tertiary alicyclic amines) is 1. The highest BCUT2D eigenvalue weighted by Gasteiger charge is 2.33. The van der Waals surface area contributed by atoms with Crippen LogP contribution in [0.1, 0.15) is 33.1 Å². The summed E-state index contributed by atoms with van der Waals surface area (Å²) in [5, 5.41) is 5.70. The molecule has 2 aliphatic heterocycles. The molecule has 20 heavy (non-hydrogen) atoms. The van der Waals surface area contributed by atoms with Gasteiger partial charge in [0, 0.05) is 38.0 Å². The fraction of sp³-hybridized carbons (Fsp3) is 0.786. The first-order chi connectivity index (χ1) is 9.47. The second-order valence-electron chi connectivity index (χ2n) is 5.97. The van der Waals surface area contributed by atoms with Crippen molar-refractivity contribution in [1.29, 1.82) is 0 Å². The van der Waals surface area contributed by atoms with Crippen molar-refractivity contribution in [1.82, 2.24) is 15.5 Å². The zero-order chi connectivity index (χ0) is 14.7. The largest absolute Gasteiger partial charge is 0.355 e. The number of hydrogen-bond donors (Lipinski definition) is 2. The standard InChI is InChI=1S/C14H23N3O3/c1-9(2)13(19)16-11-3-5-17(6-4-11)14(20)10-7-12(18)15-8-10/h9-11H,3-8H2,1-2H3,(H,15,18)(H,16,19). The summed E-state index contributed by atoms with van der Waals surface area (Å²) in [5.41, 5.74) is 0. The average molecular weight is 281 g/mol. The lowest BCUT2D eigenvalue weighted by molar-refractivity contribution is -0.137. The van der Waals surface area contributed by atoms with E-state index >= 15 is 0 Å². The molecule has 0 aromatic rings. The van der Waals surface area contributed by atoms with Gasteiger partial charge in [0.25, 0.3) is 0 Å². The van der Waals surface area contributed by atoms with Gasteiger partial charge < -0.3 is 15.5 Å². The minimum atomic E-state index is -0.204. The van der Waals surface area contributed by atoms with Crippen LogP contribution in [0.3, 0.4) is 0 Å². The molecule has 6 heteroatoms. The third-order valence-electron chi connectivity index (χ3n) is 4.00. The van der Waals surface area contributed by atoms with Crippen LogP contribution in [0.4, 0.5) is 0 Å². The van der Waals surface area contributed by atoms with Crippen LogP contribution in [-0.2, 0) is 14.4 Å². The van der Waals surface area contributed by atoms with Crippen LogP contribution in [0.2, 0.25) is 0 Å². The fourth-order valence-electron chi connectivity index (χ4n) is 2.65. The summed E-state index contributed by atoms with van der Waals surface area (Å²) in [5.74, 6) is -0.116. The number of carbonyl (C=O) groups excluding carboxylic acids is 3. The molecule has 0 aliphatic carbocycles. The highest BCUT2D eigenvalue weighted by atomic mass is 16.2. The molecule has 0 aromatic heterocycles. The van der Waals surface area contributed by atoms with Crippen LogP contribution >= 0.6 is 0 Å². The van der Waals surface area contributed by atoms with Crippen molar-refractivity contribution in [3.63, 3.8) is 0 Å². The molecule has 2 N–H and O–H groups in total. The summed E-state index contributed by atoms with van der Waals surface area (Å²) >= 11 is 0. The maximum Gasteiger partial charge on any atom is 0.227 e. The second-order valence-corrected chi connectivity index (χ2v) is 5.97. The first kappa shape index (κ1) is 14.8. The summed E-state index contributed by atoms with van der Waals surface area (Å²) in [7, 11) is 0. The molecule has 3 amide bonds. The molecule has 2 aliphatic rings. The van der Waals surface area contributed by atoms with Gasteiger partial charge in [-0.3, -0.25) is 14.4 Å². The van der Waals surface area contributed by atoms with Gasteiger partial charge in [-0.25, -0.2) is 0 Å². The molecular weight excluding hydrogens is 258 g/mol. The summed E-state index contributed by atoms with van der Waals surface area (Å²) in [6.45, 7) is 5.52. The number of hydrogen-bond acceptors (Lipinski definition) is 3. The van der Waals surface area contributed by atoms with Crippen molar-refractivity contribution in [3.05, 3.63) is 0 Å². The van der Waals surface area contributed by atoms with Gasteiger partial charge in [-0.2, -0.15) is 0 Å². The van der Waals surface area contributed by atoms with Crippen molar-refractivity contribution in [3.8, 4) is 0 Å². The number of nitrogens with one attached hydrogen (secondary N) is 2. The third kappa shape index (κ3) is 3.49. The highest BCUT2D eigenvalue weighted by molar-refractivity contribution is 5.89. The van der Waals surface area contributed by atoms with E-state index in [1.807, 2.05) is 18.7 Å². The average Bonchev–Trinajstić information content (AvgIpc) is 2.85. The monoisotopic (exact) mass is 281 g/mol. The van der Waals surface area contributed by atoms with E-state index in [2.05, 4.69) is 10.6 Å². The summed E-state index contributed by atoms with van der Waals surface area (Å²) in [6.07, 6.45) is 1.89. The van der Waals surface area contributed by atoms with E-state index in [1.165, 1.54) is 0 Å².